The van der Waals surface area contributed by atoms with Gasteiger partial charge in [0.05, 0.1) is 13.2 Å². The van der Waals surface area contributed by atoms with Crippen LogP contribution in [0.5, 0.6) is 0 Å². The zero-order chi connectivity index (χ0) is 14.9. The van der Waals surface area contributed by atoms with Crippen molar-refractivity contribution in [2.24, 2.45) is 0 Å². The summed E-state index contributed by atoms with van der Waals surface area (Å²) in [6.45, 7) is 5.81. The summed E-state index contributed by atoms with van der Waals surface area (Å²) in [5.74, 6) is 0.0102. The van der Waals surface area contributed by atoms with Crippen LogP contribution < -0.4 is 4.90 Å². The third-order valence-corrected chi connectivity index (χ3v) is 2.58. The largest absolute Gasteiger partial charge is 0.464 e. The van der Waals surface area contributed by atoms with Crippen LogP contribution in [0.25, 0.3) is 0 Å². The Morgan fingerprint density at radius 1 is 1.35 bits per heavy atom. The molecule has 2 amide bonds. The molecule has 0 saturated carbocycles. The third-order valence-electron chi connectivity index (χ3n) is 2.58. The second-order valence-electron chi connectivity index (χ2n) is 5.40. The molecule has 0 unspecified atom stereocenters. The van der Waals surface area contributed by atoms with E-state index in [1.54, 1.807) is 20.8 Å². The van der Waals surface area contributed by atoms with Gasteiger partial charge in [0.2, 0.25) is 0 Å². The van der Waals surface area contributed by atoms with Crippen molar-refractivity contribution in [2.75, 3.05) is 4.90 Å². The maximum Gasteiger partial charge on any atom is 0.425 e. The Labute approximate surface area is 116 Å². The van der Waals surface area contributed by atoms with Crippen molar-refractivity contribution in [2.45, 2.75) is 39.6 Å². The number of anilines is 1. The van der Waals surface area contributed by atoms with Crippen LogP contribution in [0.1, 0.15) is 31.9 Å². The number of fused-ring (bicyclic) bond motifs is 1. The minimum atomic E-state index is -1.44. The van der Waals surface area contributed by atoms with Gasteiger partial charge in [-0.15, -0.1) is 0 Å². The lowest BCUT2D eigenvalue weighted by atomic mass is 10.2. The molecule has 7 nitrogen and oxygen atoms in total. The van der Waals surface area contributed by atoms with Gasteiger partial charge in [-0.1, -0.05) is 0 Å². The SMILES string of the molecule is CC(C)(C)OC(=O)N(C(=O)O)c1cc2c(cn1)COC2. The summed E-state index contributed by atoms with van der Waals surface area (Å²) < 4.78 is 10.3. The molecule has 108 valence electrons. The molecule has 20 heavy (non-hydrogen) atoms. The predicted molar refractivity (Wildman–Crippen MR) is 69.5 cm³/mol. The zero-order valence-corrected chi connectivity index (χ0v) is 11.5. The number of carbonyl (C=O) groups excluding carboxylic acids is 1. The van der Waals surface area contributed by atoms with E-state index in [-0.39, 0.29) is 5.82 Å². The summed E-state index contributed by atoms with van der Waals surface area (Å²) in [6.07, 6.45) is -0.903. The second kappa shape index (κ2) is 5.09. The molecule has 0 spiro atoms. The first kappa shape index (κ1) is 14.3. The number of carbonyl (C=O) groups is 2. The monoisotopic (exact) mass is 280 g/mol. The number of hydrogen-bond donors (Lipinski definition) is 1. The van der Waals surface area contributed by atoms with E-state index < -0.39 is 17.8 Å². The van der Waals surface area contributed by atoms with E-state index in [0.29, 0.717) is 18.1 Å². The fraction of sp³-hybridized carbons (Fsp3) is 0.462. The average Bonchev–Trinajstić information content (AvgIpc) is 2.73. The number of nitrogens with zero attached hydrogens (tertiary/aromatic N) is 2. The van der Waals surface area contributed by atoms with Gasteiger partial charge in [-0.05, 0) is 32.4 Å². The van der Waals surface area contributed by atoms with Crippen LogP contribution in [0.2, 0.25) is 0 Å². The number of pyridine rings is 1. The molecule has 0 fully saturated rings. The van der Waals surface area contributed by atoms with Gasteiger partial charge in [-0.25, -0.2) is 14.6 Å². The standard InChI is InChI=1S/C13H16N2O5/c1-13(2,3)20-12(18)15(11(16)17)10-4-8-6-19-7-9(8)5-14-10/h4-5H,6-7H2,1-3H3,(H,16,17). The highest BCUT2D eigenvalue weighted by Gasteiger charge is 2.30. The minimum Gasteiger partial charge on any atom is -0.464 e. The summed E-state index contributed by atoms with van der Waals surface area (Å²) in [4.78, 5) is 27.7. The Bertz CT molecular complexity index is 550. The summed E-state index contributed by atoms with van der Waals surface area (Å²) in [5.41, 5.74) is 0.929. The molecule has 1 aliphatic rings. The molecular weight excluding hydrogens is 264 g/mol. The first-order valence-corrected chi connectivity index (χ1v) is 6.09. The molecule has 1 aromatic heterocycles. The molecule has 0 aromatic carbocycles. The summed E-state index contributed by atoms with van der Waals surface area (Å²) in [6, 6.07) is 1.53. The van der Waals surface area contributed by atoms with E-state index in [9.17, 15) is 14.7 Å². The molecule has 2 heterocycles. The number of amides is 2. The van der Waals surface area contributed by atoms with Crippen molar-refractivity contribution in [1.82, 2.24) is 4.98 Å². The van der Waals surface area contributed by atoms with Crippen molar-refractivity contribution in [3.8, 4) is 0 Å². The fourth-order valence-electron chi connectivity index (χ4n) is 1.75. The Morgan fingerprint density at radius 3 is 2.60 bits per heavy atom. The average molecular weight is 280 g/mol. The van der Waals surface area contributed by atoms with E-state index in [1.807, 2.05) is 0 Å². The number of carboxylic acid groups (broad SMARTS) is 1. The van der Waals surface area contributed by atoms with Crippen LogP contribution in [0.15, 0.2) is 12.3 Å². The molecule has 1 aromatic rings. The first-order chi connectivity index (χ1) is 9.28. The van der Waals surface area contributed by atoms with Gasteiger partial charge < -0.3 is 14.6 Å². The normalized spacial score (nSPS) is 13.8. The molecular formula is C13H16N2O5. The lowest BCUT2D eigenvalue weighted by Crippen LogP contribution is -2.40. The smallest absolute Gasteiger partial charge is 0.425 e. The van der Waals surface area contributed by atoms with Gasteiger partial charge in [-0.3, -0.25) is 0 Å². The van der Waals surface area contributed by atoms with Crippen LogP contribution in [0, 0.1) is 0 Å². The van der Waals surface area contributed by atoms with E-state index >= 15 is 0 Å². The molecule has 0 bridgehead atoms. The number of hydrogen-bond acceptors (Lipinski definition) is 5. The molecule has 0 atom stereocenters. The molecule has 2 rings (SSSR count). The maximum atomic E-state index is 12.0. The van der Waals surface area contributed by atoms with Gasteiger partial charge in [0.25, 0.3) is 0 Å². The van der Waals surface area contributed by atoms with Gasteiger partial charge in [0, 0.05) is 11.8 Å². The molecule has 7 heteroatoms. The van der Waals surface area contributed by atoms with Crippen LogP contribution in [0.4, 0.5) is 15.4 Å². The Hall–Kier alpha value is -2.15. The molecule has 0 aliphatic carbocycles. The lowest BCUT2D eigenvalue weighted by Gasteiger charge is -2.24. The summed E-state index contributed by atoms with van der Waals surface area (Å²) in [7, 11) is 0. The minimum absolute atomic E-state index is 0.0102. The molecule has 0 saturated heterocycles. The first-order valence-electron chi connectivity index (χ1n) is 6.09. The number of aromatic nitrogens is 1. The van der Waals surface area contributed by atoms with Crippen LogP contribution in [-0.4, -0.2) is 27.9 Å². The molecule has 1 aliphatic heterocycles. The van der Waals surface area contributed by atoms with E-state index in [0.717, 1.165) is 11.1 Å². The Morgan fingerprint density at radius 2 is 2.00 bits per heavy atom. The topological polar surface area (TPSA) is 89.0 Å². The van der Waals surface area contributed by atoms with Crippen molar-refractivity contribution >= 4 is 18.0 Å². The Balaban J connectivity index is 2.29. The fourth-order valence-corrected chi connectivity index (χ4v) is 1.75. The van der Waals surface area contributed by atoms with Crippen LogP contribution in [0.3, 0.4) is 0 Å². The van der Waals surface area contributed by atoms with Gasteiger partial charge >= 0.3 is 12.2 Å². The molecule has 1 N–H and O–H groups in total. The van der Waals surface area contributed by atoms with E-state index in [1.165, 1.54) is 12.3 Å². The van der Waals surface area contributed by atoms with Crippen molar-refractivity contribution in [3.05, 3.63) is 23.4 Å². The highest BCUT2D eigenvalue weighted by Crippen LogP contribution is 2.24. The molecule has 0 radical (unpaired) electrons. The summed E-state index contributed by atoms with van der Waals surface area (Å²) >= 11 is 0. The van der Waals surface area contributed by atoms with Crippen molar-refractivity contribution < 1.29 is 24.2 Å². The number of imide groups is 1. The predicted octanol–water partition coefficient (Wildman–Crippen LogP) is 2.53. The van der Waals surface area contributed by atoms with Gasteiger partial charge in [0.15, 0.2) is 0 Å². The maximum absolute atomic E-state index is 12.0. The number of rotatable bonds is 1. The van der Waals surface area contributed by atoms with Crippen LogP contribution >= 0.6 is 0 Å². The summed E-state index contributed by atoms with van der Waals surface area (Å²) in [5, 5.41) is 9.20. The van der Waals surface area contributed by atoms with E-state index in [2.05, 4.69) is 4.98 Å². The zero-order valence-electron chi connectivity index (χ0n) is 11.5. The second-order valence-corrected chi connectivity index (χ2v) is 5.40. The highest BCUT2D eigenvalue weighted by molar-refractivity contribution is 6.07. The quantitative estimate of drug-likeness (QED) is 0.850. The van der Waals surface area contributed by atoms with E-state index in [4.69, 9.17) is 9.47 Å². The Kier molecular flexibility index (Phi) is 3.63. The van der Waals surface area contributed by atoms with Crippen molar-refractivity contribution in [1.29, 1.82) is 0 Å². The van der Waals surface area contributed by atoms with Gasteiger partial charge in [-0.2, -0.15) is 4.90 Å². The third kappa shape index (κ3) is 3.05. The highest BCUT2D eigenvalue weighted by atomic mass is 16.6. The van der Waals surface area contributed by atoms with Crippen molar-refractivity contribution in [3.63, 3.8) is 0 Å². The van der Waals surface area contributed by atoms with Crippen LogP contribution in [-0.2, 0) is 22.7 Å². The van der Waals surface area contributed by atoms with Gasteiger partial charge in [0.1, 0.15) is 11.4 Å². The number of ether oxygens (including phenoxy) is 2. The lowest BCUT2D eigenvalue weighted by molar-refractivity contribution is 0.0581.